The first kappa shape index (κ1) is 20.1. The third-order valence-corrected chi connectivity index (χ3v) is 3.03. The second kappa shape index (κ2) is 10.8. The molecule has 0 amide bonds. The summed E-state index contributed by atoms with van der Waals surface area (Å²) in [4.78, 5) is 21.1. The summed E-state index contributed by atoms with van der Waals surface area (Å²) in [6, 6.07) is 4.01. The minimum absolute atomic E-state index is 0.0111. The minimum Gasteiger partial charge on any atom is -0.478 e. The molecule has 1 aromatic carbocycles. The molecule has 0 heterocycles. The molecule has 6 heteroatoms. The molecule has 0 fully saturated rings. The average Bonchev–Trinajstić information content (AvgIpc) is 2.44. The highest BCUT2D eigenvalue weighted by Crippen LogP contribution is 2.11. The van der Waals surface area contributed by atoms with Crippen LogP contribution in [0.1, 0.15) is 65.3 Å². The molecule has 6 nitrogen and oxygen atoms in total. The maximum atomic E-state index is 10.6. The Balaban J connectivity index is 0.000000433. The van der Waals surface area contributed by atoms with Crippen LogP contribution in [-0.2, 0) is 0 Å². The lowest BCUT2D eigenvalue weighted by Gasteiger charge is -2.01. The Morgan fingerprint density at radius 2 is 1.68 bits per heavy atom. The number of aliphatic hydroxyl groups excluding tert-OH is 1. The normalized spacial score (nSPS) is 10.0. The van der Waals surface area contributed by atoms with Crippen LogP contribution in [0.5, 0.6) is 0 Å². The number of carboxylic acids is 2. The first-order chi connectivity index (χ1) is 10.3. The summed E-state index contributed by atoms with van der Waals surface area (Å²) in [7, 11) is 0. The fourth-order valence-electron chi connectivity index (χ4n) is 1.74. The van der Waals surface area contributed by atoms with Crippen LogP contribution in [0.4, 0.5) is 0 Å². The van der Waals surface area contributed by atoms with Crippen LogP contribution in [0.15, 0.2) is 18.2 Å². The van der Waals surface area contributed by atoms with E-state index in [0.29, 0.717) is 12.0 Å². The van der Waals surface area contributed by atoms with Crippen LogP contribution < -0.4 is 0 Å². The Bertz CT molecular complexity index is 482. The number of unbranched alkanes of at least 4 members (excludes halogenated alkanes) is 3. The molecule has 0 atom stereocenters. The lowest BCUT2D eigenvalue weighted by Crippen LogP contribution is -2.03. The molecule has 0 aliphatic carbocycles. The smallest absolute Gasteiger partial charge is 0.335 e. The number of carbonyl (C=O) groups is 2. The van der Waals surface area contributed by atoms with Crippen LogP contribution in [-0.4, -0.2) is 38.7 Å². The molecule has 0 spiro atoms. The molecule has 0 aliphatic rings. The maximum absolute atomic E-state index is 10.6. The summed E-state index contributed by atoms with van der Waals surface area (Å²) in [5, 5.41) is 34.1. The molecule has 22 heavy (non-hydrogen) atoms. The number of aliphatic hydroxyl groups is 2. The van der Waals surface area contributed by atoms with Gasteiger partial charge >= 0.3 is 11.9 Å². The molecule has 0 saturated heterocycles. The third kappa shape index (κ3) is 8.39. The number of carboxylic acid groups (broad SMARTS) is 2. The van der Waals surface area contributed by atoms with Crippen LogP contribution >= 0.6 is 0 Å². The number of aryl methyl sites for hydroxylation is 1. The third-order valence-electron chi connectivity index (χ3n) is 3.03. The van der Waals surface area contributed by atoms with E-state index in [9.17, 15) is 9.59 Å². The molecule has 1 rings (SSSR count). The van der Waals surface area contributed by atoms with Gasteiger partial charge < -0.3 is 20.4 Å². The highest BCUT2D eigenvalue weighted by molar-refractivity contribution is 5.94. The lowest BCUT2D eigenvalue weighted by molar-refractivity contribution is -0.0466. The molecule has 0 unspecified atom stereocenters. The summed E-state index contributed by atoms with van der Waals surface area (Å²) in [6.07, 6.45) is 3.88. The van der Waals surface area contributed by atoms with E-state index in [1.165, 1.54) is 25.0 Å². The van der Waals surface area contributed by atoms with E-state index in [-0.39, 0.29) is 11.1 Å². The van der Waals surface area contributed by atoms with Gasteiger partial charge in [-0.2, -0.15) is 0 Å². The molecule has 0 aromatic heterocycles. The van der Waals surface area contributed by atoms with Crippen molar-refractivity contribution in [1.29, 1.82) is 0 Å². The van der Waals surface area contributed by atoms with Crippen molar-refractivity contribution < 1.29 is 30.0 Å². The summed E-state index contributed by atoms with van der Waals surface area (Å²) < 4.78 is 0. The molecule has 0 radical (unpaired) electrons. The number of hydrogen-bond donors (Lipinski definition) is 4. The van der Waals surface area contributed by atoms with Crippen molar-refractivity contribution in [1.82, 2.24) is 0 Å². The van der Waals surface area contributed by atoms with Crippen molar-refractivity contribution in [2.75, 3.05) is 0 Å². The van der Waals surface area contributed by atoms with E-state index < -0.39 is 18.2 Å². The predicted octanol–water partition coefficient (Wildman–Crippen LogP) is 2.66. The number of benzene rings is 1. The molecule has 4 N–H and O–H groups in total. The van der Waals surface area contributed by atoms with Gasteiger partial charge in [0.05, 0.1) is 11.1 Å². The first-order valence-electron chi connectivity index (χ1n) is 7.23. The van der Waals surface area contributed by atoms with Gasteiger partial charge in [-0.25, -0.2) is 9.59 Å². The van der Waals surface area contributed by atoms with E-state index >= 15 is 0 Å². The minimum atomic E-state index is -1.12. The first-order valence-corrected chi connectivity index (χ1v) is 7.23. The number of hydrogen-bond acceptors (Lipinski definition) is 4. The van der Waals surface area contributed by atoms with Gasteiger partial charge in [-0.05, 0) is 37.5 Å². The SMILES string of the molecule is CCCCCCC(O)O.Cc1ccc(C(=O)O)cc1C(=O)O. The fraction of sp³-hybridized carbons (Fsp3) is 0.500. The monoisotopic (exact) mass is 312 g/mol. The zero-order valence-electron chi connectivity index (χ0n) is 13.0. The van der Waals surface area contributed by atoms with Gasteiger partial charge in [0.1, 0.15) is 0 Å². The van der Waals surface area contributed by atoms with E-state index in [1.54, 1.807) is 6.92 Å². The van der Waals surface area contributed by atoms with Gasteiger partial charge in [0.25, 0.3) is 0 Å². The zero-order chi connectivity index (χ0) is 17.1. The zero-order valence-corrected chi connectivity index (χ0v) is 13.0. The van der Waals surface area contributed by atoms with E-state index in [2.05, 4.69) is 6.92 Å². The van der Waals surface area contributed by atoms with Crippen molar-refractivity contribution in [3.05, 3.63) is 34.9 Å². The Hall–Kier alpha value is -1.92. The Labute approximate surface area is 130 Å². The van der Waals surface area contributed by atoms with Crippen molar-refractivity contribution in [2.45, 2.75) is 52.2 Å². The standard InChI is InChI=1S/C9H8O4.C7H16O2/c1-5-2-3-6(8(10)11)4-7(5)9(12)13;1-2-3-4-5-6-7(8)9/h2-4H,1H3,(H,10,11)(H,12,13);7-9H,2-6H2,1H3. The second-order valence-electron chi connectivity index (χ2n) is 4.97. The largest absolute Gasteiger partial charge is 0.478 e. The molecule has 0 aliphatic heterocycles. The molecule has 0 bridgehead atoms. The van der Waals surface area contributed by atoms with Gasteiger partial charge in [-0.1, -0.05) is 32.3 Å². The van der Waals surface area contributed by atoms with Gasteiger partial charge in [-0.15, -0.1) is 0 Å². The Kier molecular flexibility index (Phi) is 9.82. The Morgan fingerprint density at radius 3 is 2.14 bits per heavy atom. The average molecular weight is 312 g/mol. The molecule has 1 aromatic rings. The fourth-order valence-corrected chi connectivity index (χ4v) is 1.74. The quantitative estimate of drug-likeness (QED) is 0.454. The Morgan fingerprint density at radius 1 is 1.05 bits per heavy atom. The van der Waals surface area contributed by atoms with Crippen molar-refractivity contribution in [3.8, 4) is 0 Å². The van der Waals surface area contributed by atoms with Crippen molar-refractivity contribution in [3.63, 3.8) is 0 Å². The summed E-state index contributed by atoms with van der Waals surface area (Å²) >= 11 is 0. The van der Waals surface area contributed by atoms with Crippen molar-refractivity contribution >= 4 is 11.9 Å². The van der Waals surface area contributed by atoms with Gasteiger partial charge in [0.15, 0.2) is 6.29 Å². The van der Waals surface area contributed by atoms with Gasteiger partial charge in [0, 0.05) is 0 Å². The summed E-state index contributed by atoms with van der Waals surface area (Å²) in [5.41, 5.74) is 0.570. The van der Waals surface area contributed by atoms with Gasteiger partial charge in [0.2, 0.25) is 0 Å². The topological polar surface area (TPSA) is 115 Å². The van der Waals surface area contributed by atoms with Crippen molar-refractivity contribution in [2.24, 2.45) is 0 Å². The summed E-state index contributed by atoms with van der Waals surface area (Å²) in [5.74, 6) is -2.23. The van der Waals surface area contributed by atoms with Crippen LogP contribution in [0.3, 0.4) is 0 Å². The molecule has 0 saturated carbocycles. The molecular formula is C16H24O6. The van der Waals surface area contributed by atoms with Crippen LogP contribution in [0, 0.1) is 6.92 Å². The van der Waals surface area contributed by atoms with E-state index in [4.69, 9.17) is 20.4 Å². The predicted molar refractivity (Wildman–Crippen MR) is 82.1 cm³/mol. The summed E-state index contributed by atoms with van der Waals surface area (Å²) in [6.45, 7) is 3.75. The molecular weight excluding hydrogens is 288 g/mol. The highest BCUT2D eigenvalue weighted by Gasteiger charge is 2.10. The number of rotatable bonds is 7. The van der Waals surface area contributed by atoms with E-state index in [1.807, 2.05) is 0 Å². The molecule has 124 valence electrons. The highest BCUT2D eigenvalue weighted by atomic mass is 16.5. The number of aromatic carboxylic acids is 2. The maximum Gasteiger partial charge on any atom is 0.335 e. The van der Waals surface area contributed by atoms with E-state index in [0.717, 1.165) is 18.9 Å². The van der Waals surface area contributed by atoms with Crippen LogP contribution in [0.2, 0.25) is 0 Å². The second-order valence-corrected chi connectivity index (χ2v) is 4.97. The van der Waals surface area contributed by atoms with Crippen LogP contribution in [0.25, 0.3) is 0 Å². The van der Waals surface area contributed by atoms with Gasteiger partial charge in [-0.3, -0.25) is 0 Å². The lowest BCUT2D eigenvalue weighted by atomic mass is 10.1.